The standard InChI is InChI=1S/C17H20FNO2/c1-4-21-14-10-6-5-8-12(14)17(19-2)13-9-7-11-15(20-3)16(13)18/h5-11,17,19H,4H2,1-3H3. The van der Waals surface area contributed by atoms with Gasteiger partial charge in [-0.1, -0.05) is 30.3 Å². The van der Waals surface area contributed by atoms with Crippen molar-refractivity contribution in [1.82, 2.24) is 5.32 Å². The lowest BCUT2D eigenvalue weighted by atomic mass is 9.97. The monoisotopic (exact) mass is 289 g/mol. The Labute approximate surface area is 124 Å². The molecule has 0 fully saturated rings. The number of rotatable bonds is 6. The third-order valence-corrected chi connectivity index (χ3v) is 3.34. The van der Waals surface area contributed by atoms with Crippen molar-refractivity contribution in [3.63, 3.8) is 0 Å². The minimum atomic E-state index is -0.356. The van der Waals surface area contributed by atoms with Crippen LogP contribution in [0.4, 0.5) is 4.39 Å². The predicted octanol–water partition coefficient (Wildman–Crippen LogP) is 3.54. The quantitative estimate of drug-likeness (QED) is 0.882. The third kappa shape index (κ3) is 3.16. The van der Waals surface area contributed by atoms with Crippen molar-refractivity contribution in [2.75, 3.05) is 20.8 Å². The predicted molar refractivity (Wildman–Crippen MR) is 81.5 cm³/mol. The summed E-state index contributed by atoms with van der Waals surface area (Å²) in [5.74, 6) is 0.633. The first-order valence-electron chi connectivity index (χ1n) is 6.94. The zero-order valence-electron chi connectivity index (χ0n) is 12.5. The molecule has 0 aliphatic carbocycles. The van der Waals surface area contributed by atoms with E-state index >= 15 is 0 Å². The molecular weight excluding hydrogens is 269 g/mol. The Morgan fingerprint density at radius 1 is 1.05 bits per heavy atom. The smallest absolute Gasteiger partial charge is 0.170 e. The molecule has 0 aliphatic rings. The Morgan fingerprint density at radius 3 is 2.38 bits per heavy atom. The summed E-state index contributed by atoms with van der Waals surface area (Å²) in [6.07, 6.45) is 0. The minimum Gasteiger partial charge on any atom is -0.494 e. The molecule has 2 aromatic carbocycles. The van der Waals surface area contributed by atoms with Gasteiger partial charge in [0.05, 0.1) is 19.8 Å². The van der Waals surface area contributed by atoms with Gasteiger partial charge in [0, 0.05) is 11.1 Å². The fourth-order valence-corrected chi connectivity index (χ4v) is 2.39. The molecule has 0 saturated heterocycles. The Morgan fingerprint density at radius 2 is 1.71 bits per heavy atom. The van der Waals surface area contributed by atoms with E-state index in [4.69, 9.17) is 9.47 Å². The van der Waals surface area contributed by atoms with E-state index in [1.54, 1.807) is 25.2 Å². The zero-order chi connectivity index (χ0) is 15.2. The largest absolute Gasteiger partial charge is 0.494 e. The molecule has 21 heavy (non-hydrogen) atoms. The van der Waals surface area contributed by atoms with Gasteiger partial charge in [0.25, 0.3) is 0 Å². The van der Waals surface area contributed by atoms with Crippen molar-refractivity contribution in [2.24, 2.45) is 0 Å². The third-order valence-electron chi connectivity index (χ3n) is 3.34. The van der Waals surface area contributed by atoms with Crippen LogP contribution in [0.25, 0.3) is 0 Å². The maximum atomic E-state index is 14.5. The minimum absolute atomic E-state index is 0.238. The molecule has 112 valence electrons. The topological polar surface area (TPSA) is 30.5 Å². The summed E-state index contributed by atoms with van der Waals surface area (Å²) in [4.78, 5) is 0. The molecule has 2 aromatic rings. The summed E-state index contributed by atoms with van der Waals surface area (Å²) in [7, 11) is 3.26. The fourth-order valence-electron chi connectivity index (χ4n) is 2.39. The van der Waals surface area contributed by atoms with Crippen molar-refractivity contribution in [1.29, 1.82) is 0 Å². The maximum Gasteiger partial charge on any atom is 0.170 e. The second kappa shape index (κ2) is 7.09. The number of halogens is 1. The highest BCUT2D eigenvalue weighted by Crippen LogP contribution is 2.33. The van der Waals surface area contributed by atoms with Gasteiger partial charge < -0.3 is 14.8 Å². The van der Waals surface area contributed by atoms with E-state index < -0.39 is 0 Å². The first-order chi connectivity index (χ1) is 10.2. The Bertz CT molecular complexity index is 601. The second-order valence-electron chi connectivity index (χ2n) is 4.56. The van der Waals surface area contributed by atoms with Crippen LogP contribution in [-0.2, 0) is 0 Å². The Kier molecular flexibility index (Phi) is 5.17. The van der Waals surface area contributed by atoms with Gasteiger partial charge in [0.2, 0.25) is 0 Å². The summed E-state index contributed by atoms with van der Waals surface area (Å²) in [6, 6.07) is 12.5. The Hall–Kier alpha value is -2.07. The van der Waals surface area contributed by atoms with Crippen LogP contribution < -0.4 is 14.8 Å². The van der Waals surface area contributed by atoms with Gasteiger partial charge in [-0.05, 0) is 26.1 Å². The van der Waals surface area contributed by atoms with Gasteiger partial charge in [0.15, 0.2) is 11.6 Å². The summed E-state index contributed by atoms with van der Waals surface area (Å²) in [5, 5.41) is 3.15. The number of hydrogen-bond acceptors (Lipinski definition) is 3. The molecule has 1 N–H and O–H groups in total. The number of ether oxygens (including phenoxy) is 2. The molecule has 1 unspecified atom stereocenters. The molecular formula is C17H20FNO2. The van der Waals surface area contributed by atoms with Gasteiger partial charge in [-0.15, -0.1) is 0 Å². The van der Waals surface area contributed by atoms with Crippen molar-refractivity contribution in [3.05, 3.63) is 59.4 Å². The van der Waals surface area contributed by atoms with E-state index in [-0.39, 0.29) is 17.6 Å². The van der Waals surface area contributed by atoms with Gasteiger partial charge >= 0.3 is 0 Å². The van der Waals surface area contributed by atoms with E-state index in [0.29, 0.717) is 12.2 Å². The molecule has 1 atom stereocenters. The first kappa shape index (κ1) is 15.3. The lowest BCUT2D eigenvalue weighted by Gasteiger charge is -2.21. The van der Waals surface area contributed by atoms with Crippen LogP contribution in [0.5, 0.6) is 11.5 Å². The van der Waals surface area contributed by atoms with Gasteiger partial charge in [-0.25, -0.2) is 4.39 Å². The summed E-state index contributed by atoms with van der Waals surface area (Å²) < 4.78 is 25.2. The Balaban J connectivity index is 2.50. The summed E-state index contributed by atoms with van der Waals surface area (Å²) in [6.45, 7) is 2.49. The average molecular weight is 289 g/mol. The van der Waals surface area contributed by atoms with Crippen molar-refractivity contribution < 1.29 is 13.9 Å². The highest BCUT2D eigenvalue weighted by atomic mass is 19.1. The summed E-state index contributed by atoms with van der Waals surface area (Å²) in [5.41, 5.74) is 1.43. The van der Waals surface area contributed by atoms with E-state index in [2.05, 4.69) is 5.32 Å². The highest BCUT2D eigenvalue weighted by Gasteiger charge is 2.21. The van der Waals surface area contributed by atoms with Crippen molar-refractivity contribution in [3.8, 4) is 11.5 Å². The molecule has 0 heterocycles. The van der Waals surface area contributed by atoms with E-state index in [9.17, 15) is 4.39 Å². The normalized spacial score (nSPS) is 12.0. The molecule has 3 nitrogen and oxygen atoms in total. The highest BCUT2D eigenvalue weighted by molar-refractivity contribution is 5.44. The SMILES string of the molecule is CCOc1ccccc1C(NC)c1cccc(OC)c1F. The van der Waals surface area contributed by atoms with Crippen molar-refractivity contribution in [2.45, 2.75) is 13.0 Å². The zero-order valence-corrected chi connectivity index (χ0v) is 12.5. The molecule has 0 saturated carbocycles. The molecule has 0 bridgehead atoms. The first-order valence-corrected chi connectivity index (χ1v) is 6.94. The molecule has 0 amide bonds. The van der Waals surface area contributed by atoms with Gasteiger partial charge in [-0.3, -0.25) is 0 Å². The number of nitrogens with one attached hydrogen (secondary N) is 1. The van der Waals surface area contributed by atoms with Crippen molar-refractivity contribution >= 4 is 0 Å². The number of para-hydroxylation sites is 1. The van der Waals surface area contributed by atoms with Crippen LogP contribution in [-0.4, -0.2) is 20.8 Å². The number of benzene rings is 2. The lowest BCUT2D eigenvalue weighted by Crippen LogP contribution is -2.20. The van der Waals surface area contributed by atoms with Gasteiger partial charge in [0.1, 0.15) is 5.75 Å². The molecule has 0 aliphatic heterocycles. The van der Waals surface area contributed by atoms with E-state index in [1.165, 1.54) is 7.11 Å². The molecule has 0 radical (unpaired) electrons. The van der Waals surface area contributed by atoms with Crippen LogP contribution in [0.15, 0.2) is 42.5 Å². The molecule has 0 spiro atoms. The molecule has 2 rings (SSSR count). The van der Waals surface area contributed by atoms with Crippen LogP contribution in [0, 0.1) is 5.82 Å². The van der Waals surface area contributed by atoms with Gasteiger partial charge in [-0.2, -0.15) is 0 Å². The molecule has 0 aromatic heterocycles. The average Bonchev–Trinajstić information content (AvgIpc) is 2.51. The maximum absolute atomic E-state index is 14.5. The second-order valence-corrected chi connectivity index (χ2v) is 4.56. The summed E-state index contributed by atoms with van der Waals surface area (Å²) >= 11 is 0. The van der Waals surface area contributed by atoms with Crippen LogP contribution in [0.3, 0.4) is 0 Å². The van der Waals surface area contributed by atoms with E-state index in [0.717, 1.165) is 11.3 Å². The van der Waals surface area contributed by atoms with Crippen LogP contribution in [0.1, 0.15) is 24.1 Å². The fraction of sp³-hybridized carbons (Fsp3) is 0.294. The molecule has 4 heteroatoms. The van der Waals surface area contributed by atoms with Crippen LogP contribution in [0.2, 0.25) is 0 Å². The number of hydrogen-bond donors (Lipinski definition) is 1. The number of methoxy groups -OCH3 is 1. The van der Waals surface area contributed by atoms with Crippen LogP contribution >= 0.6 is 0 Å². The van der Waals surface area contributed by atoms with E-state index in [1.807, 2.05) is 31.2 Å². The lowest BCUT2D eigenvalue weighted by molar-refractivity contribution is 0.333.